The van der Waals surface area contributed by atoms with Crippen molar-refractivity contribution in [3.8, 4) is 0 Å². The molecule has 0 amide bonds. The number of hydrogen-bond donors (Lipinski definition) is 0. The van der Waals surface area contributed by atoms with Crippen LogP contribution in [-0.2, 0) is 0 Å². The Balaban J connectivity index is 3.78. The molecular formula is C8Cl4N4-2. The molecule has 8 heteroatoms. The molecule has 0 aliphatic rings. The van der Waals surface area contributed by atoms with Crippen LogP contribution in [0.25, 0.3) is 10.8 Å². The Labute approximate surface area is 111 Å². The van der Waals surface area contributed by atoms with E-state index in [1.807, 2.05) is 0 Å². The van der Waals surface area contributed by atoms with Gasteiger partial charge in [0.1, 0.15) is 0 Å². The van der Waals surface area contributed by atoms with Gasteiger partial charge in [-0.1, -0.05) is 46.4 Å². The summed E-state index contributed by atoms with van der Waals surface area (Å²) in [6, 6.07) is 3.02. The molecule has 4 nitrogen and oxygen atoms in total. The summed E-state index contributed by atoms with van der Waals surface area (Å²) in [7, 11) is 0. The van der Waals surface area contributed by atoms with Crippen molar-refractivity contribution in [2.24, 2.45) is 9.98 Å². The van der Waals surface area contributed by atoms with Crippen LogP contribution in [0.5, 0.6) is 0 Å². The highest BCUT2D eigenvalue weighted by molar-refractivity contribution is 6.53. The summed E-state index contributed by atoms with van der Waals surface area (Å²) in [4.78, 5) is 6.76. The highest BCUT2D eigenvalue weighted by Crippen LogP contribution is 2.49. The molecule has 0 unspecified atom stereocenters. The molecule has 0 saturated carbocycles. The maximum atomic E-state index is 8.44. The molecule has 0 heterocycles. The number of rotatable bonds is 2. The monoisotopic (exact) mass is 292 g/mol. The summed E-state index contributed by atoms with van der Waals surface area (Å²) >= 11 is 23.2. The summed E-state index contributed by atoms with van der Waals surface area (Å²) in [5.74, 6) is 0. The lowest BCUT2D eigenvalue weighted by Crippen LogP contribution is -1.79. The van der Waals surface area contributed by atoms with E-state index in [1.54, 1.807) is 0 Å². The van der Waals surface area contributed by atoms with Crippen LogP contribution in [0.3, 0.4) is 0 Å². The van der Waals surface area contributed by atoms with E-state index in [1.165, 1.54) is 12.0 Å². The van der Waals surface area contributed by atoms with Crippen molar-refractivity contribution in [3.05, 3.63) is 30.9 Å². The highest BCUT2D eigenvalue weighted by Gasteiger charge is 2.13. The number of hydrogen-bond acceptors (Lipinski definition) is 2. The lowest BCUT2D eigenvalue weighted by molar-refractivity contribution is 1.49. The minimum atomic E-state index is -0.0949. The van der Waals surface area contributed by atoms with Crippen LogP contribution >= 0.6 is 46.4 Å². The molecule has 82 valence electrons. The first-order valence-corrected chi connectivity index (χ1v) is 5.11. The van der Waals surface area contributed by atoms with Crippen molar-refractivity contribution in [3.63, 3.8) is 0 Å². The van der Waals surface area contributed by atoms with Crippen molar-refractivity contribution in [1.29, 1.82) is 0 Å². The predicted molar refractivity (Wildman–Crippen MR) is 67.4 cm³/mol. The van der Waals surface area contributed by atoms with Crippen LogP contribution in [0, 0.1) is 0 Å². The third-order valence-corrected chi connectivity index (χ3v) is 3.21. The van der Waals surface area contributed by atoms with Gasteiger partial charge in [-0.05, 0) is 0 Å². The summed E-state index contributed by atoms with van der Waals surface area (Å²) in [6.07, 6.45) is 0. The molecule has 0 aliphatic carbocycles. The molecule has 0 spiro atoms. The van der Waals surface area contributed by atoms with Crippen LogP contribution in [0.2, 0.25) is 20.1 Å². The Morgan fingerprint density at radius 2 is 1.06 bits per heavy atom. The Kier molecular flexibility index (Phi) is 4.51. The predicted octanol–water partition coefficient (Wildman–Crippen LogP) is 5.05. The van der Waals surface area contributed by atoms with E-state index >= 15 is 0 Å². The van der Waals surface area contributed by atoms with Gasteiger partial charge < -0.3 is 20.8 Å². The smallest absolute Gasteiger partial charge is 0.0784 e. The van der Waals surface area contributed by atoms with Crippen LogP contribution in [0.15, 0.2) is 9.98 Å². The van der Waals surface area contributed by atoms with E-state index in [4.69, 9.17) is 57.2 Å². The van der Waals surface area contributed by atoms with Crippen LogP contribution in [0.1, 0.15) is 0 Å². The average molecular weight is 294 g/mol. The van der Waals surface area contributed by atoms with E-state index in [2.05, 4.69) is 9.98 Å². The van der Waals surface area contributed by atoms with Crippen molar-refractivity contribution < 1.29 is 0 Å². The van der Waals surface area contributed by atoms with Gasteiger partial charge in [0.25, 0.3) is 0 Å². The molecule has 0 aromatic heterocycles. The zero-order valence-electron chi connectivity index (χ0n) is 7.30. The third kappa shape index (κ3) is 2.28. The first-order chi connectivity index (χ1) is 7.54. The molecule has 0 aliphatic heterocycles. The molecule has 1 aromatic carbocycles. The number of halogens is 4. The second kappa shape index (κ2) is 5.46. The second-order valence-corrected chi connectivity index (χ2v) is 3.89. The summed E-state index contributed by atoms with van der Waals surface area (Å²) in [5.41, 5.74) is -0.122. The highest BCUT2D eigenvalue weighted by atomic mass is 35.5. The maximum absolute atomic E-state index is 8.44. The second-order valence-electron chi connectivity index (χ2n) is 2.38. The zero-order valence-corrected chi connectivity index (χ0v) is 10.3. The normalized spacial score (nSPS) is 9.25. The Hall–Kier alpha value is -0.860. The van der Waals surface area contributed by atoms with E-state index in [9.17, 15) is 0 Å². The minimum absolute atomic E-state index is 0.0595. The van der Waals surface area contributed by atoms with Gasteiger partial charge in [-0.2, -0.15) is 12.0 Å². The molecule has 16 heavy (non-hydrogen) atoms. The van der Waals surface area contributed by atoms with Gasteiger partial charge in [0.05, 0.1) is 20.1 Å². The van der Waals surface area contributed by atoms with E-state index in [-0.39, 0.29) is 31.5 Å². The number of nitrogens with zero attached hydrogens (tertiary/aromatic N) is 4. The molecule has 1 aromatic rings. The van der Waals surface area contributed by atoms with Gasteiger partial charge in [0.15, 0.2) is 0 Å². The molecule has 0 atom stereocenters. The fraction of sp³-hybridized carbons (Fsp3) is 0. The zero-order chi connectivity index (χ0) is 12.3. The Morgan fingerprint density at radius 3 is 1.38 bits per heavy atom. The van der Waals surface area contributed by atoms with Crippen LogP contribution in [-0.4, -0.2) is 12.0 Å². The van der Waals surface area contributed by atoms with Gasteiger partial charge in [-0.3, -0.25) is 0 Å². The maximum Gasteiger partial charge on any atom is 0.0784 e. The summed E-state index contributed by atoms with van der Waals surface area (Å²) in [5, 5.41) is 16.6. The lowest BCUT2D eigenvalue weighted by Gasteiger charge is -2.15. The molecule has 1 rings (SSSR count). The fourth-order valence-electron chi connectivity index (χ4n) is 0.905. The number of benzene rings is 1. The molecule has 0 fully saturated rings. The van der Waals surface area contributed by atoms with Gasteiger partial charge in [0.2, 0.25) is 0 Å². The van der Waals surface area contributed by atoms with E-state index < -0.39 is 0 Å². The quantitative estimate of drug-likeness (QED) is 0.416. The SMILES string of the molecule is [N-]=C=Nc1c(Cl)c(Cl)c(Cl)c(N=C=[N-])c1Cl. The Bertz CT molecular complexity index is 496. The lowest BCUT2D eigenvalue weighted by atomic mass is 10.2. The first kappa shape index (κ1) is 13.2. The van der Waals surface area contributed by atoms with Gasteiger partial charge in [-0.25, -0.2) is 0 Å². The van der Waals surface area contributed by atoms with Crippen molar-refractivity contribution in [2.75, 3.05) is 0 Å². The van der Waals surface area contributed by atoms with Crippen molar-refractivity contribution in [2.45, 2.75) is 0 Å². The van der Waals surface area contributed by atoms with Crippen molar-refractivity contribution in [1.82, 2.24) is 0 Å². The van der Waals surface area contributed by atoms with E-state index in [0.29, 0.717) is 0 Å². The van der Waals surface area contributed by atoms with Gasteiger partial charge in [0, 0.05) is 11.4 Å². The van der Waals surface area contributed by atoms with Gasteiger partial charge in [-0.15, -0.1) is 0 Å². The minimum Gasteiger partial charge on any atom is -0.422 e. The fourth-order valence-corrected chi connectivity index (χ4v) is 1.97. The standard InChI is InChI=1S/C8Cl4N4/c9-3-4(10)7(15-1-13)6(12)8(5(3)11)16-2-14/q-2. The van der Waals surface area contributed by atoms with Crippen LogP contribution < -0.4 is 0 Å². The summed E-state index contributed by atoms with van der Waals surface area (Å²) in [6.45, 7) is 0. The number of aliphatic imine (C=N–C) groups is 2. The molecule has 0 saturated heterocycles. The molecule has 0 radical (unpaired) electrons. The summed E-state index contributed by atoms with van der Waals surface area (Å²) < 4.78 is 0. The first-order valence-electron chi connectivity index (χ1n) is 3.60. The van der Waals surface area contributed by atoms with Gasteiger partial charge >= 0.3 is 0 Å². The molecular weight excluding hydrogens is 294 g/mol. The van der Waals surface area contributed by atoms with Crippen molar-refractivity contribution >= 4 is 69.8 Å². The molecule has 0 N–H and O–H groups in total. The van der Waals surface area contributed by atoms with E-state index in [0.717, 1.165) is 0 Å². The largest absolute Gasteiger partial charge is 0.422 e. The van der Waals surface area contributed by atoms with Crippen LogP contribution in [0.4, 0.5) is 11.4 Å². The third-order valence-electron chi connectivity index (χ3n) is 1.54. The molecule has 0 bridgehead atoms. The topological polar surface area (TPSA) is 69.3 Å². The Morgan fingerprint density at radius 1 is 0.688 bits per heavy atom. The average Bonchev–Trinajstić information content (AvgIpc) is 2.28.